The third-order valence-corrected chi connectivity index (χ3v) is 3.38. The summed E-state index contributed by atoms with van der Waals surface area (Å²) in [4.78, 5) is 4.83. The topological polar surface area (TPSA) is 24.9 Å². The van der Waals surface area contributed by atoms with E-state index in [9.17, 15) is 0 Å². The van der Waals surface area contributed by atoms with Gasteiger partial charge in [0.25, 0.3) is 0 Å². The predicted octanol–water partition coefficient (Wildman–Crippen LogP) is 3.95. The number of aromatic nitrogens is 1. The molecule has 0 aliphatic carbocycles. The van der Waals surface area contributed by atoms with Crippen molar-refractivity contribution in [3.63, 3.8) is 0 Å². The van der Waals surface area contributed by atoms with E-state index in [0.717, 1.165) is 24.3 Å². The Balaban J connectivity index is 2.62. The molecular weight excluding hydrogens is 232 g/mol. The van der Waals surface area contributed by atoms with Crippen molar-refractivity contribution < 1.29 is 0 Å². The molecule has 1 aromatic carbocycles. The molecule has 0 saturated heterocycles. The van der Waals surface area contributed by atoms with Gasteiger partial charge in [-0.1, -0.05) is 39.3 Å². The Morgan fingerprint density at radius 3 is 2.53 bits per heavy atom. The van der Waals surface area contributed by atoms with Crippen LogP contribution in [0.4, 0.5) is 0 Å². The average molecular weight is 256 g/mol. The zero-order valence-corrected chi connectivity index (χ0v) is 12.7. The van der Waals surface area contributed by atoms with E-state index in [0.29, 0.717) is 0 Å². The van der Waals surface area contributed by atoms with Crippen molar-refractivity contribution in [1.29, 1.82) is 0 Å². The number of aryl methyl sites for hydroxylation is 1. The quantitative estimate of drug-likeness (QED) is 0.899. The maximum absolute atomic E-state index is 4.83. The zero-order chi connectivity index (χ0) is 14.0. The van der Waals surface area contributed by atoms with Gasteiger partial charge in [0.2, 0.25) is 0 Å². The molecule has 0 saturated carbocycles. The molecule has 0 aliphatic heterocycles. The van der Waals surface area contributed by atoms with Gasteiger partial charge in [-0.25, -0.2) is 0 Å². The number of hydrogen-bond donors (Lipinski definition) is 1. The van der Waals surface area contributed by atoms with Gasteiger partial charge >= 0.3 is 0 Å². The van der Waals surface area contributed by atoms with Crippen LogP contribution in [0, 0.1) is 6.92 Å². The lowest BCUT2D eigenvalue weighted by Gasteiger charge is -2.20. The minimum Gasteiger partial charge on any atom is -0.313 e. The molecule has 0 amide bonds. The standard InChI is InChI=1S/C17H24N2/c1-6-18-11-13-10-16(17(3,4)5)19-15-8-7-12(2)9-14(13)15/h7-10,18H,6,11H2,1-5H3. The summed E-state index contributed by atoms with van der Waals surface area (Å²) in [7, 11) is 0. The largest absolute Gasteiger partial charge is 0.313 e. The van der Waals surface area contributed by atoms with Gasteiger partial charge in [-0.2, -0.15) is 0 Å². The fourth-order valence-electron chi connectivity index (χ4n) is 2.20. The maximum atomic E-state index is 4.83. The third kappa shape index (κ3) is 3.13. The van der Waals surface area contributed by atoms with E-state index in [4.69, 9.17) is 4.98 Å². The molecule has 0 atom stereocenters. The van der Waals surface area contributed by atoms with Crippen molar-refractivity contribution in [1.82, 2.24) is 10.3 Å². The van der Waals surface area contributed by atoms with Crippen molar-refractivity contribution in [3.8, 4) is 0 Å². The van der Waals surface area contributed by atoms with Crippen molar-refractivity contribution >= 4 is 10.9 Å². The summed E-state index contributed by atoms with van der Waals surface area (Å²) in [5.74, 6) is 0. The molecular formula is C17H24N2. The van der Waals surface area contributed by atoms with E-state index in [2.05, 4.69) is 64.2 Å². The van der Waals surface area contributed by atoms with Crippen molar-refractivity contribution in [2.75, 3.05) is 6.54 Å². The summed E-state index contributed by atoms with van der Waals surface area (Å²) in [5, 5.41) is 4.70. The minimum absolute atomic E-state index is 0.0834. The Morgan fingerprint density at radius 1 is 1.16 bits per heavy atom. The van der Waals surface area contributed by atoms with Gasteiger partial charge in [-0.15, -0.1) is 0 Å². The van der Waals surface area contributed by atoms with E-state index in [1.807, 2.05) is 0 Å². The first-order valence-corrected chi connectivity index (χ1v) is 7.03. The molecule has 2 heteroatoms. The number of nitrogens with one attached hydrogen (secondary N) is 1. The summed E-state index contributed by atoms with van der Waals surface area (Å²) in [6.45, 7) is 12.8. The highest BCUT2D eigenvalue weighted by molar-refractivity contribution is 5.83. The van der Waals surface area contributed by atoms with Crippen LogP contribution in [0.3, 0.4) is 0 Å². The van der Waals surface area contributed by atoms with Gasteiger partial charge in [0.1, 0.15) is 0 Å². The van der Waals surface area contributed by atoms with Crippen LogP contribution < -0.4 is 5.32 Å². The van der Waals surface area contributed by atoms with Crippen LogP contribution in [0.25, 0.3) is 10.9 Å². The monoisotopic (exact) mass is 256 g/mol. The highest BCUT2D eigenvalue weighted by Crippen LogP contribution is 2.26. The lowest BCUT2D eigenvalue weighted by Crippen LogP contribution is -2.17. The van der Waals surface area contributed by atoms with Gasteiger partial charge in [0.15, 0.2) is 0 Å². The molecule has 2 rings (SSSR count). The lowest BCUT2D eigenvalue weighted by atomic mass is 9.89. The Bertz CT molecular complexity index is 580. The fraction of sp³-hybridized carbons (Fsp3) is 0.471. The van der Waals surface area contributed by atoms with Crippen LogP contribution in [-0.4, -0.2) is 11.5 Å². The first-order valence-electron chi connectivity index (χ1n) is 7.03. The number of benzene rings is 1. The molecule has 2 aromatic rings. The van der Waals surface area contributed by atoms with Gasteiger partial charge in [-0.3, -0.25) is 4.98 Å². The summed E-state index contributed by atoms with van der Waals surface area (Å²) < 4.78 is 0. The Labute approximate surface area is 116 Å². The van der Waals surface area contributed by atoms with Crippen LogP contribution in [0.1, 0.15) is 44.5 Å². The highest BCUT2D eigenvalue weighted by atomic mass is 14.8. The summed E-state index contributed by atoms with van der Waals surface area (Å²) in [6, 6.07) is 8.76. The van der Waals surface area contributed by atoms with E-state index in [-0.39, 0.29) is 5.41 Å². The molecule has 0 aliphatic rings. The Hall–Kier alpha value is -1.41. The Kier molecular flexibility index (Phi) is 3.91. The number of fused-ring (bicyclic) bond motifs is 1. The van der Waals surface area contributed by atoms with Crippen LogP contribution in [0.15, 0.2) is 24.3 Å². The van der Waals surface area contributed by atoms with E-state index in [1.54, 1.807) is 0 Å². The number of nitrogens with zero attached hydrogens (tertiary/aromatic N) is 1. The second kappa shape index (κ2) is 5.30. The number of pyridine rings is 1. The molecule has 2 nitrogen and oxygen atoms in total. The normalized spacial score (nSPS) is 12.1. The average Bonchev–Trinajstić information content (AvgIpc) is 2.34. The van der Waals surface area contributed by atoms with E-state index < -0.39 is 0 Å². The molecule has 0 bridgehead atoms. The highest BCUT2D eigenvalue weighted by Gasteiger charge is 2.17. The second-order valence-electron chi connectivity index (χ2n) is 6.22. The maximum Gasteiger partial charge on any atom is 0.0708 e. The second-order valence-corrected chi connectivity index (χ2v) is 6.22. The predicted molar refractivity (Wildman–Crippen MR) is 82.6 cm³/mol. The van der Waals surface area contributed by atoms with E-state index >= 15 is 0 Å². The third-order valence-electron chi connectivity index (χ3n) is 3.38. The minimum atomic E-state index is 0.0834. The zero-order valence-electron chi connectivity index (χ0n) is 12.7. The fourth-order valence-corrected chi connectivity index (χ4v) is 2.20. The first-order chi connectivity index (χ1) is 8.91. The molecule has 1 aromatic heterocycles. The van der Waals surface area contributed by atoms with Crippen molar-refractivity contribution in [2.24, 2.45) is 0 Å². The number of hydrogen-bond acceptors (Lipinski definition) is 2. The van der Waals surface area contributed by atoms with Gasteiger partial charge < -0.3 is 5.32 Å². The molecule has 102 valence electrons. The lowest BCUT2D eigenvalue weighted by molar-refractivity contribution is 0.569. The SMILES string of the molecule is CCNCc1cc(C(C)(C)C)nc2ccc(C)cc12. The Morgan fingerprint density at radius 2 is 1.89 bits per heavy atom. The molecule has 1 N–H and O–H groups in total. The van der Waals surface area contributed by atoms with Crippen molar-refractivity contribution in [3.05, 3.63) is 41.1 Å². The molecule has 0 radical (unpaired) electrons. The summed E-state index contributed by atoms with van der Waals surface area (Å²) in [5.41, 5.74) is 4.98. The van der Waals surface area contributed by atoms with E-state index in [1.165, 1.54) is 16.5 Å². The smallest absolute Gasteiger partial charge is 0.0708 e. The number of rotatable bonds is 3. The van der Waals surface area contributed by atoms with Crippen LogP contribution in [0.5, 0.6) is 0 Å². The molecule has 0 spiro atoms. The van der Waals surface area contributed by atoms with Gasteiger partial charge in [0.05, 0.1) is 5.52 Å². The van der Waals surface area contributed by atoms with Crippen molar-refractivity contribution in [2.45, 2.75) is 46.6 Å². The molecule has 19 heavy (non-hydrogen) atoms. The van der Waals surface area contributed by atoms with Crippen LogP contribution in [-0.2, 0) is 12.0 Å². The molecule has 1 heterocycles. The molecule has 0 fully saturated rings. The summed E-state index contributed by atoms with van der Waals surface area (Å²) >= 11 is 0. The first kappa shape index (κ1) is 14.0. The summed E-state index contributed by atoms with van der Waals surface area (Å²) in [6.07, 6.45) is 0. The van der Waals surface area contributed by atoms with Gasteiger partial charge in [0, 0.05) is 23.0 Å². The molecule has 0 unspecified atom stereocenters. The van der Waals surface area contributed by atoms with Crippen LogP contribution in [0.2, 0.25) is 0 Å². The van der Waals surface area contributed by atoms with Gasteiger partial charge in [-0.05, 0) is 37.2 Å². The van der Waals surface area contributed by atoms with Crippen LogP contribution >= 0.6 is 0 Å².